The van der Waals surface area contributed by atoms with Crippen LogP contribution in [0.1, 0.15) is 100 Å². The molecule has 10 rings (SSSR count). The van der Waals surface area contributed by atoms with Crippen LogP contribution in [0.4, 0.5) is 4.39 Å². The molecule has 7 aromatic rings. The summed E-state index contributed by atoms with van der Waals surface area (Å²) in [6.07, 6.45) is 0.684. The lowest BCUT2D eigenvalue weighted by Crippen LogP contribution is -2.52. The first kappa shape index (κ1) is 59.1. The molecule has 25 nitrogen and oxygen atoms in total. The van der Waals surface area contributed by atoms with Crippen LogP contribution in [0.25, 0.3) is 39.4 Å². The SMILES string of the molecule is CC[C@@]1(O)C(=O)OCc2c1cc1n(c2=O)Cc2c-1nc1cc(F)c(C)c3c1c2[C@@H](NC(=O)COCNC(=O)CNC(=O)[C@H](Cc1ccccc1)NC(=O)CNC(=O)CNC(=O)c1ccc(-n2c(-c4cc(C(C)C)c(O)cc4O)n[nH]c2=O)cc1)CC3. The highest BCUT2D eigenvalue weighted by atomic mass is 19.1. The Kier molecular flexibility index (Phi) is 16.7. The van der Waals surface area contributed by atoms with Gasteiger partial charge in [-0.05, 0) is 96.3 Å². The number of rotatable bonds is 20. The number of cyclic esters (lactones) is 1. The van der Waals surface area contributed by atoms with Crippen LogP contribution >= 0.6 is 0 Å². The van der Waals surface area contributed by atoms with Crippen LogP contribution in [0, 0.1) is 12.7 Å². The number of phenols is 2. The molecule has 10 N–H and O–H groups in total. The fourth-order valence-electron chi connectivity index (χ4n) is 11.1. The van der Waals surface area contributed by atoms with Crippen molar-refractivity contribution in [3.63, 3.8) is 0 Å². The number of nitrogens with one attached hydrogen (secondary N) is 7. The summed E-state index contributed by atoms with van der Waals surface area (Å²) in [5.41, 5.74) is 2.17. The van der Waals surface area contributed by atoms with Gasteiger partial charge in [0.2, 0.25) is 29.5 Å². The van der Waals surface area contributed by atoms with E-state index in [9.17, 15) is 58.5 Å². The van der Waals surface area contributed by atoms with Crippen LogP contribution in [0.5, 0.6) is 11.5 Å². The smallest absolute Gasteiger partial charge is 0.348 e. The summed E-state index contributed by atoms with van der Waals surface area (Å²) in [6.45, 7) is 4.04. The lowest BCUT2D eigenvalue weighted by atomic mass is 9.81. The average molecular weight is 1180 g/mol. The molecule has 3 atom stereocenters. The highest BCUT2D eigenvalue weighted by Crippen LogP contribution is 2.46. The summed E-state index contributed by atoms with van der Waals surface area (Å²) in [5.74, 6) is -6.02. The quantitative estimate of drug-likeness (QED) is 0.0297. The third kappa shape index (κ3) is 11.6. The molecule has 6 amide bonds. The van der Waals surface area contributed by atoms with E-state index in [1.54, 1.807) is 50.2 Å². The van der Waals surface area contributed by atoms with Crippen molar-refractivity contribution in [1.29, 1.82) is 0 Å². The van der Waals surface area contributed by atoms with Crippen molar-refractivity contribution in [3.05, 3.63) is 156 Å². The molecule has 26 heteroatoms. The fourth-order valence-corrected chi connectivity index (χ4v) is 11.1. The van der Waals surface area contributed by atoms with Crippen molar-refractivity contribution >= 4 is 52.3 Å². The van der Waals surface area contributed by atoms with E-state index >= 15 is 4.39 Å². The maximum atomic E-state index is 15.4. The molecule has 3 aliphatic rings. The lowest BCUT2D eigenvalue weighted by Gasteiger charge is -2.31. The number of pyridine rings is 2. The summed E-state index contributed by atoms with van der Waals surface area (Å²) in [5, 5.41) is 54.7. The van der Waals surface area contributed by atoms with E-state index in [1.165, 1.54) is 51.6 Å². The van der Waals surface area contributed by atoms with E-state index < -0.39 is 109 Å². The monoisotopic (exact) mass is 1180 g/mol. The van der Waals surface area contributed by atoms with Gasteiger partial charge >= 0.3 is 11.7 Å². The Hall–Kier alpha value is -10.1. The van der Waals surface area contributed by atoms with Crippen molar-refractivity contribution in [2.45, 2.75) is 90.1 Å². The summed E-state index contributed by atoms with van der Waals surface area (Å²) < 4.78 is 28.8. The van der Waals surface area contributed by atoms with Crippen molar-refractivity contribution in [2.75, 3.05) is 33.0 Å². The molecule has 0 radical (unpaired) electrons. The number of halogens is 1. The Morgan fingerprint density at radius 1 is 0.860 bits per heavy atom. The fraction of sp³-hybridized carbons (Fsp3) is 0.317. The number of aromatic nitrogens is 5. The number of aryl methyl sites for hydroxylation is 1. The van der Waals surface area contributed by atoms with Crippen molar-refractivity contribution in [2.24, 2.45) is 0 Å². The molecule has 0 saturated carbocycles. The van der Waals surface area contributed by atoms with Gasteiger partial charge in [0.1, 0.15) is 43.3 Å². The molecule has 0 unspecified atom stereocenters. The molecule has 4 aromatic carbocycles. The molecule has 0 fully saturated rings. The van der Waals surface area contributed by atoms with Crippen molar-refractivity contribution in [1.82, 2.24) is 56.2 Å². The van der Waals surface area contributed by atoms with Gasteiger partial charge in [0, 0.05) is 40.6 Å². The second-order valence-electron chi connectivity index (χ2n) is 21.4. The molecule has 86 heavy (non-hydrogen) atoms. The van der Waals surface area contributed by atoms with Crippen molar-refractivity contribution in [3.8, 4) is 40.0 Å². The highest BCUT2D eigenvalue weighted by Gasteiger charge is 2.46. The number of amides is 6. The molecule has 3 aromatic heterocycles. The van der Waals surface area contributed by atoms with Crippen LogP contribution in [0.3, 0.4) is 0 Å². The standard InChI is InChI=1S/C60H60FN11O14/c1-5-60(84)39-19-44-53-37(25-71(44)57(81)38(39)26-86-58(60)82)52-41(16-15-34-30(4)40(61)20-42(68-53)51(34)52)66-50(78)27-85-28-65-48(76)23-64-56(80)43(17-31-9-7-6-8-10-31)67-49(77)24-62-47(75)22-63-55(79)32-11-13-33(14-12-32)72-54(69-70-59(72)83)36-18-35(29(2)3)45(73)21-46(36)74/h6-14,18-21,29,41,43,73-74,84H,5,15-17,22-28H2,1-4H3,(H,62,75)(H,63,79)(H,64,80)(H,65,76)(H,66,78)(H,67,77)(H,70,83)/t41-,43-,60-/m0/s1. The van der Waals surface area contributed by atoms with Crippen molar-refractivity contribution < 1.29 is 62.7 Å². The molecule has 0 spiro atoms. The molecule has 0 saturated heterocycles. The molecule has 446 valence electrons. The van der Waals surface area contributed by atoms with Gasteiger partial charge in [-0.25, -0.2) is 28.6 Å². The third-order valence-electron chi connectivity index (χ3n) is 15.6. The first-order valence-corrected chi connectivity index (χ1v) is 27.6. The molecular weight excluding hydrogens is 1120 g/mol. The first-order valence-electron chi connectivity index (χ1n) is 27.6. The van der Waals surface area contributed by atoms with Gasteiger partial charge in [-0.15, -0.1) is 0 Å². The van der Waals surface area contributed by atoms with Crippen LogP contribution in [-0.2, 0) is 69.8 Å². The number of ether oxygens (including phenoxy) is 2. The minimum atomic E-state index is -2.06. The van der Waals surface area contributed by atoms with Crippen LogP contribution in [0.2, 0.25) is 0 Å². The molecule has 0 bridgehead atoms. The summed E-state index contributed by atoms with van der Waals surface area (Å²) in [4.78, 5) is 123. The van der Waals surface area contributed by atoms with Gasteiger partial charge in [0.25, 0.3) is 11.5 Å². The molecule has 5 heterocycles. The number of hydrogen-bond donors (Lipinski definition) is 10. The van der Waals surface area contributed by atoms with E-state index in [-0.39, 0.29) is 77.2 Å². The number of aromatic hydroxyl groups is 2. The third-order valence-corrected chi connectivity index (χ3v) is 15.6. The van der Waals surface area contributed by atoms with Crippen LogP contribution in [0.15, 0.2) is 88.5 Å². The maximum Gasteiger partial charge on any atom is 0.348 e. The number of H-pyrrole nitrogens is 1. The number of carbonyl (C=O) groups excluding carboxylic acids is 7. The number of aromatic amines is 1. The van der Waals surface area contributed by atoms with Gasteiger partial charge in [0.15, 0.2) is 11.4 Å². The van der Waals surface area contributed by atoms with E-state index in [4.69, 9.17) is 14.5 Å². The first-order chi connectivity index (χ1) is 41.1. The number of esters is 1. The Labute approximate surface area is 488 Å². The Balaban J connectivity index is 0.701. The number of carbonyl (C=O) groups is 7. The van der Waals surface area contributed by atoms with Crippen LogP contribution < -0.4 is 43.1 Å². The number of aliphatic hydroxyl groups is 1. The predicted octanol–water partition coefficient (Wildman–Crippen LogP) is 2.19. The molecule has 2 aliphatic heterocycles. The van der Waals surface area contributed by atoms with Gasteiger partial charge in [-0.1, -0.05) is 51.1 Å². The minimum absolute atomic E-state index is 0.00103. The van der Waals surface area contributed by atoms with Crippen LogP contribution in [-0.4, -0.2) is 120 Å². The maximum absolute atomic E-state index is 15.4. The average Bonchev–Trinajstić information content (AvgIpc) is 2.25. The predicted molar refractivity (Wildman–Crippen MR) is 305 cm³/mol. The Bertz CT molecular complexity index is 4050. The second-order valence-corrected chi connectivity index (χ2v) is 21.4. The topological polar surface area (TPSA) is 356 Å². The molecule has 1 aliphatic carbocycles. The zero-order valence-corrected chi connectivity index (χ0v) is 47.0. The summed E-state index contributed by atoms with van der Waals surface area (Å²) >= 11 is 0. The van der Waals surface area contributed by atoms with Gasteiger partial charge in [-0.2, -0.15) is 5.10 Å². The van der Waals surface area contributed by atoms with E-state index in [1.807, 2.05) is 13.8 Å². The van der Waals surface area contributed by atoms with E-state index in [0.717, 1.165) is 0 Å². The normalized spacial score (nSPS) is 15.8. The largest absolute Gasteiger partial charge is 0.508 e. The number of fused-ring (bicyclic) bond motifs is 5. The summed E-state index contributed by atoms with van der Waals surface area (Å²) in [7, 11) is 0. The van der Waals surface area contributed by atoms with Gasteiger partial charge in [-0.3, -0.25) is 33.6 Å². The zero-order chi connectivity index (χ0) is 61.3. The Morgan fingerprint density at radius 2 is 1.58 bits per heavy atom. The lowest BCUT2D eigenvalue weighted by molar-refractivity contribution is -0.172. The second kappa shape index (κ2) is 24.3. The van der Waals surface area contributed by atoms with E-state index in [2.05, 4.69) is 42.1 Å². The van der Waals surface area contributed by atoms with Gasteiger partial charge in [0.05, 0.1) is 65.9 Å². The number of benzene rings is 4. The highest BCUT2D eigenvalue weighted by molar-refractivity contribution is 5.98. The van der Waals surface area contributed by atoms with E-state index in [0.29, 0.717) is 68.5 Å². The summed E-state index contributed by atoms with van der Waals surface area (Å²) in [6, 6.07) is 18.1. The molecular formula is C60H60FN11O14. The Morgan fingerprint density at radius 3 is 2.31 bits per heavy atom. The number of phenolic OH excluding ortho intramolecular Hbond substituents is 2. The number of nitrogens with zero attached hydrogens (tertiary/aromatic N) is 4. The minimum Gasteiger partial charge on any atom is -0.508 e. The van der Waals surface area contributed by atoms with Gasteiger partial charge < -0.3 is 61.3 Å². The number of hydrogen-bond acceptors (Lipinski definition) is 16. The zero-order valence-electron chi connectivity index (χ0n) is 47.0.